The Hall–Kier alpha value is -2.80. The zero-order valence-electron chi connectivity index (χ0n) is 17.2. The number of pyridine rings is 1. The molecule has 0 radical (unpaired) electrons. The number of hydrogen-bond acceptors (Lipinski definition) is 5. The SMILES string of the molecule is CC(C)CC(NC(=O)c1ccc2ncccc2c1)C(=O)NC1(C)C(=O)COC1C. The maximum atomic E-state index is 13.0. The van der Waals surface area contributed by atoms with Crippen molar-refractivity contribution in [2.75, 3.05) is 6.61 Å². The van der Waals surface area contributed by atoms with Crippen LogP contribution in [0.5, 0.6) is 0 Å². The third-order valence-electron chi connectivity index (χ3n) is 5.43. The summed E-state index contributed by atoms with van der Waals surface area (Å²) >= 11 is 0. The molecule has 0 bridgehead atoms. The third-order valence-corrected chi connectivity index (χ3v) is 5.43. The van der Waals surface area contributed by atoms with Crippen LogP contribution < -0.4 is 10.6 Å². The fourth-order valence-electron chi connectivity index (χ4n) is 3.42. The molecule has 3 atom stereocenters. The lowest BCUT2D eigenvalue weighted by atomic mass is 9.92. The molecular weight excluding hydrogens is 370 g/mol. The van der Waals surface area contributed by atoms with Crippen LogP contribution in [0.15, 0.2) is 36.5 Å². The fourth-order valence-corrected chi connectivity index (χ4v) is 3.42. The molecule has 1 saturated heterocycles. The van der Waals surface area contributed by atoms with Gasteiger partial charge in [-0.3, -0.25) is 19.4 Å². The fraction of sp³-hybridized carbons (Fsp3) is 0.455. The van der Waals surface area contributed by atoms with Gasteiger partial charge in [0.15, 0.2) is 5.78 Å². The zero-order chi connectivity index (χ0) is 21.2. The molecule has 1 aromatic carbocycles. The minimum Gasteiger partial charge on any atom is -0.368 e. The number of ketones is 1. The van der Waals surface area contributed by atoms with Crippen molar-refractivity contribution in [1.29, 1.82) is 0 Å². The van der Waals surface area contributed by atoms with E-state index in [1.165, 1.54) is 0 Å². The van der Waals surface area contributed by atoms with Crippen molar-refractivity contribution >= 4 is 28.5 Å². The summed E-state index contributed by atoms with van der Waals surface area (Å²) in [5.41, 5.74) is 0.153. The number of amides is 2. The van der Waals surface area contributed by atoms with E-state index in [0.29, 0.717) is 12.0 Å². The predicted molar refractivity (Wildman–Crippen MR) is 109 cm³/mol. The Morgan fingerprint density at radius 3 is 2.72 bits per heavy atom. The van der Waals surface area contributed by atoms with Crippen LogP contribution in [0.3, 0.4) is 0 Å². The first-order chi connectivity index (χ1) is 13.7. The molecule has 7 nitrogen and oxygen atoms in total. The Balaban J connectivity index is 1.78. The molecule has 7 heteroatoms. The van der Waals surface area contributed by atoms with E-state index in [4.69, 9.17) is 4.74 Å². The van der Waals surface area contributed by atoms with Crippen LogP contribution in [0.25, 0.3) is 10.9 Å². The van der Waals surface area contributed by atoms with E-state index in [-0.39, 0.29) is 30.1 Å². The molecule has 2 aromatic rings. The maximum absolute atomic E-state index is 13.0. The molecule has 2 heterocycles. The Morgan fingerprint density at radius 2 is 2.07 bits per heavy atom. The summed E-state index contributed by atoms with van der Waals surface area (Å²) in [6, 6.07) is 8.14. The van der Waals surface area contributed by atoms with E-state index in [0.717, 1.165) is 10.9 Å². The van der Waals surface area contributed by atoms with Crippen LogP contribution in [0, 0.1) is 5.92 Å². The number of nitrogens with zero attached hydrogens (tertiary/aromatic N) is 1. The van der Waals surface area contributed by atoms with Gasteiger partial charge in [0, 0.05) is 17.1 Å². The monoisotopic (exact) mass is 397 g/mol. The van der Waals surface area contributed by atoms with Gasteiger partial charge < -0.3 is 15.4 Å². The number of rotatable bonds is 6. The zero-order valence-corrected chi connectivity index (χ0v) is 17.2. The van der Waals surface area contributed by atoms with E-state index in [2.05, 4.69) is 15.6 Å². The average molecular weight is 397 g/mol. The molecule has 2 amide bonds. The highest BCUT2D eigenvalue weighted by Gasteiger charge is 2.47. The van der Waals surface area contributed by atoms with Crippen LogP contribution in [-0.4, -0.2) is 46.9 Å². The van der Waals surface area contributed by atoms with Gasteiger partial charge in [-0.15, -0.1) is 0 Å². The number of nitrogens with one attached hydrogen (secondary N) is 2. The van der Waals surface area contributed by atoms with Crippen molar-refractivity contribution in [2.24, 2.45) is 5.92 Å². The molecule has 0 saturated carbocycles. The number of carbonyl (C=O) groups is 3. The number of Topliss-reactive ketones (excluding diaryl/α,β-unsaturated/α-hetero) is 1. The highest BCUT2D eigenvalue weighted by molar-refractivity contribution is 6.01. The summed E-state index contributed by atoms with van der Waals surface area (Å²) in [5, 5.41) is 6.48. The number of ether oxygens (including phenoxy) is 1. The topological polar surface area (TPSA) is 97.4 Å². The normalized spacial score (nSPS) is 22.7. The molecular formula is C22H27N3O4. The summed E-state index contributed by atoms with van der Waals surface area (Å²) in [4.78, 5) is 42.3. The molecule has 2 N–H and O–H groups in total. The van der Waals surface area contributed by atoms with E-state index in [9.17, 15) is 14.4 Å². The largest absolute Gasteiger partial charge is 0.368 e. The lowest BCUT2D eigenvalue weighted by Gasteiger charge is -2.30. The van der Waals surface area contributed by atoms with Gasteiger partial charge in [0.25, 0.3) is 5.91 Å². The van der Waals surface area contributed by atoms with E-state index in [1.807, 2.05) is 26.0 Å². The summed E-state index contributed by atoms with van der Waals surface area (Å²) in [6.45, 7) is 7.34. The second kappa shape index (κ2) is 8.29. The molecule has 154 valence electrons. The van der Waals surface area contributed by atoms with Gasteiger partial charge in [-0.25, -0.2) is 0 Å². The highest BCUT2D eigenvalue weighted by atomic mass is 16.5. The van der Waals surface area contributed by atoms with Gasteiger partial charge in [-0.1, -0.05) is 19.9 Å². The summed E-state index contributed by atoms with van der Waals surface area (Å²) in [5.74, 6) is -0.728. The van der Waals surface area contributed by atoms with Crippen molar-refractivity contribution in [2.45, 2.75) is 51.8 Å². The van der Waals surface area contributed by atoms with Crippen LogP contribution in [0.2, 0.25) is 0 Å². The Labute approximate surface area is 170 Å². The minimum absolute atomic E-state index is 0.0235. The first kappa shape index (κ1) is 20.9. The van der Waals surface area contributed by atoms with Gasteiger partial charge >= 0.3 is 0 Å². The van der Waals surface area contributed by atoms with Crippen LogP contribution in [-0.2, 0) is 14.3 Å². The smallest absolute Gasteiger partial charge is 0.251 e. The highest BCUT2D eigenvalue weighted by Crippen LogP contribution is 2.23. The van der Waals surface area contributed by atoms with Crippen LogP contribution in [0.1, 0.15) is 44.5 Å². The summed E-state index contributed by atoms with van der Waals surface area (Å²) in [6.07, 6.45) is 1.72. The van der Waals surface area contributed by atoms with E-state index >= 15 is 0 Å². The van der Waals surface area contributed by atoms with Gasteiger partial charge in [0.1, 0.15) is 18.2 Å². The van der Waals surface area contributed by atoms with Gasteiger partial charge in [-0.05, 0) is 50.5 Å². The Kier molecular flexibility index (Phi) is 5.98. The molecule has 1 fully saturated rings. The molecule has 29 heavy (non-hydrogen) atoms. The molecule has 0 aliphatic carbocycles. The molecule has 1 aliphatic rings. The number of hydrogen-bond donors (Lipinski definition) is 2. The summed E-state index contributed by atoms with van der Waals surface area (Å²) < 4.78 is 5.38. The third kappa shape index (κ3) is 4.45. The first-order valence-electron chi connectivity index (χ1n) is 9.83. The number of fused-ring (bicyclic) bond motifs is 1. The summed E-state index contributed by atoms with van der Waals surface area (Å²) in [7, 11) is 0. The lowest BCUT2D eigenvalue weighted by molar-refractivity contribution is -0.130. The van der Waals surface area contributed by atoms with Crippen molar-refractivity contribution in [1.82, 2.24) is 15.6 Å². The van der Waals surface area contributed by atoms with Crippen molar-refractivity contribution in [3.63, 3.8) is 0 Å². The van der Waals surface area contributed by atoms with Crippen molar-refractivity contribution < 1.29 is 19.1 Å². The lowest BCUT2D eigenvalue weighted by Crippen LogP contribution is -2.60. The van der Waals surface area contributed by atoms with E-state index < -0.39 is 17.7 Å². The number of benzene rings is 1. The standard InChI is InChI=1S/C22H27N3O4/c1-13(2)10-18(21(28)25-22(4)14(3)29-12-19(22)26)24-20(27)16-7-8-17-15(11-16)6-5-9-23-17/h5-9,11,13-14,18H,10,12H2,1-4H3,(H,24,27)(H,25,28). The Morgan fingerprint density at radius 1 is 1.31 bits per heavy atom. The average Bonchev–Trinajstić information content (AvgIpc) is 2.93. The predicted octanol–water partition coefficient (Wildman–Crippen LogP) is 2.24. The van der Waals surface area contributed by atoms with Gasteiger partial charge in [-0.2, -0.15) is 0 Å². The Bertz CT molecular complexity index is 943. The first-order valence-corrected chi connectivity index (χ1v) is 9.83. The molecule has 3 rings (SSSR count). The van der Waals surface area contributed by atoms with Crippen molar-refractivity contribution in [3.05, 3.63) is 42.1 Å². The second-order valence-electron chi connectivity index (χ2n) is 8.13. The molecule has 0 spiro atoms. The molecule has 1 aliphatic heterocycles. The quantitative estimate of drug-likeness (QED) is 0.779. The van der Waals surface area contributed by atoms with Gasteiger partial charge in [0.2, 0.25) is 5.91 Å². The molecule has 1 aromatic heterocycles. The molecule has 3 unspecified atom stereocenters. The second-order valence-corrected chi connectivity index (χ2v) is 8.13. The van der Waals surface area contributed by atoms with E-state index in [1.54, 1.807) is 38.2 Å². The van der Waals surface area contributed by atoms with Crippen LogP contribution >= 0.6 is 0 Å². The number of aromatic nitrogens is 1. The van der Waals surface area contributed by atoms with Gasteiger partial charge in [0.05, 0.1) is 11.6 Å². The van der Waals surface area contributed by atoms with Crippen molar-refractivity contribution in [3.8, 4) is 0 Å². The maximum Gasteiger partial charge on any atom is 0.251 e. The minimum atomic E-state index is -1.09. The number of carbonyl (C=O) groups excluding carboxylic acids is 3. The van der Waals surface area contributed by atoms with Crippen LogP contribution in [0.4, 0.5) is 0 Å².